The summed E-state index contributed by atoms with van der Waals surface area (Å²) in [4.78, 5) is 18.5. The van der Waals surface area contributed by atoms with Crippen LogP contribution in [0, 0.1) is 0 Å². The summed E-state index contributed by atoms with van der Waals surface area (Å²) in [7, 11) is 0.551. The van der Waals surface area contributed by atoms with E-state index in [0.717, 1.165) is 53.5 Å². The van der Waals surface area contributed by atoms with Crippen molar-refractivity contribution in [3.63, 3.8) is 0 Å². The van der Waals surface area contributed by atoms with Gasteiger partial charge in [-0.3, -0.25) is 13.9 Å². The number of carbonyl (C=O) groups is 1. The van der Waals surface area contributed by atoms with Crippen LogP contribution in [0.15, 0.2) is 53.4 Å². The predicted molar refractivity (Wildman–Crippen MR) is 137 cm³/mol. The van der Waals surface area contributed by atoms with Gasteiger partial charge in [-0.15, -0.1) is 0 Å². The SMILES string of the molecule is COC1CCN(Cc2ccc(-n3nc(C(=O)N4CCOCC4)c4c3-c3ccccc3S(=O)C4)cc2)C1. The van der Waals surface area contributed by atoms with E-state index in [0.29, 0.717) is 38.1 Å². The van der Waals surface area contributed by atoms with Crippen LogP contribution in [0.5, 0.6) is 0 Å². The van der Waals surface area contributed by atoms with Crippen LogP contribution >= 0.6 is 0 Å². The summed E-state index contributed by atoms with van der Waals surface area (Å²) in [6.07, 6.45) is 1.38. The standard InChI is InChI=1S/C27H30N4O4S/c1-34-21-10-11-29(17-21)16-19-6-8-20(9-7-19)31-26-22-4-2-3-5-24(22)36(33)18-23(26)25(28-31)27(32)30-12-14-35-15-13-30/h2-9,21H,10-18H2,1H3. The number of hydrogen-bond acceptors (Lipinski definition) is 6. The topological polar surface area (TPSA) is 76.9 Å². The summed E-state index contributed by atoms with van der Waals surface area (Å²) in [5.74, 6) is 0.161. The molecule has 188 valence electrons. The molecular formula is C27H30N4O4S. The normalized spacial score (nSPS) is 21.9. The molecule has 0 saturated carbocycles. The molecule has 1 amide bonds. The maximum atomic E-state index is 13.5. The zero-order valence-electron chi connectivity index (χ0n) is 20.4. The van der Waals surface area contributed by atoms with Gasteiger partial charge in [-0.05, 0) is 30.2 Å². The van der Waals surface area contributed by atoms with Crippen LogP contribution in [0.3, 0.4) is 0 Å². The Balaban J connectivity index is 1.37. The lowest BCUT2D eigenvalue weighted by atomic mass is 10.0. The number of fused-ring (bicyclic) bond motifs is 3. The van der Waals surface area contributed by atoms with Crippen LogP contribution in [-0.2, 0) is 32.6 Å². The highest BCUT2D eigenvalue weighted by Gasteiger charge is 2.34. The van der Waals surface area contributed by atoms with E-state index in [1.807, 2.05) is 28.9 Å². The molecule has 0 N–H and O–H groups in total. The van der Waals surface area contributed by atoms with E-state index >= 15 is 0 Å². The summed E-state index contributed by atoms with van der Waals surface area (Å²) in [6.45, 7) is 4.98. The summed E-state index contributed by atoms with van der Waals surface area (Å²) < 4.78 is 25.9. The number of rotatable bonds is 5. The molecule has 8 nitrogen and oxygen atoms in total. The Bertz CT molecular complexity index is 1300. The first-order valence-electron chi connectivity index (χ1n) is 12.4. The number of ether oxygens (including phenoxy) is 2. The first-order valence-corrected chi connectivity index (χ1v) is 13.8. The van der Waals surface area contributed by atoms with Gasteiger partial charge in [0.05, 0.1) is 47.3 Å². The molecule has 6 rings (SSSR count). The average molecular weight is 507 g/mol. The maximum absolute atomic E-state index is 13.5. The van der Waals surface area contributed by atoms with Crippen LogP contribution in [0.2, 0.25) is 0 Å². The highest BCUT2D eigenvalue weighted by Crippen LogP contribution is 2.39. The fraction of sp³-hybridized carbons (Fsp3) is 0.407. The summed E-state index contributed by atoms with van der Waals surface area (Å²) >= 11 is 0. The number of methoxy groups -OCH3 is 1. The van der Waals surface area contributed by atoms with E-state index in [4.69, 9.17) is 14.6 Å². The first kappa shape index (κ1) is 23.5. The van der Waals surface area contributed by atoms with Crippen LogP contribution < -0.4 is 0 Å². The lowest BCUT2D eigenvalue weighted by Crippen LogP contribution is -2.41. The summed E-state index contributed by atoms with van der Waals surface area (Å²) in [5, 5.41) is 4.85. The molecule has 0 aliphatic carbocycles. The van der Waals surface area contributed by atoms with E-state index in [1.54, 1.807) is 12.0 Å². The number of likely N-dealkylation sites (tertiary alicyclic amines) is 1. The lowest BCUT2D eigenvalue weighted by molar-refractivity contribution is 0.0298. The van der Waals surface area contributed by atoms with Gasteiger partial charge in [-0.2, -0.15) is 5.10 Å². The van der Waals surface area contributed by atoms with Gasteiger partial charge in [0.2, 0.25) is 0 Å². The molecular weight excluding hydrogens is 476 g/mol. The zero-order valence-corrected chi connectivity index (χ0v) is 21.2. The Morgan fingerprint density at radius 2 is 1.89 bits per heavy atom. The van der Waals surface area contributed by atoms with Crippen LogP contribution in [0.4, 0.5) is 0 Å². The van der Waals surface area contributed by atoms with E-state index < -0.39 is 10.8 Å². The average Bonchev–Trinajstić information content (AvgIpc) is 3.54. The van der Waals surface area contributed by atoms with Crippen molar-refractivity contribution in [2.45, 2.75) is 29.7 Å². The van der Waals surface area contributed by atoms with Crippen molar-refractivity contribution in [2.75, 3.05) is 46.5 Å². The second-order valence-corrected chi connectivity index (χ2v) is 10.9. The van der Waals surface area contributed by atoms with Crippen LogP contribution in [0.1, 0.15) is 28.0 Å². The van der Waals surface area contributed by atoms with Crippen molar-refractivity contribution in [1.82, 2.24) is 19.6 Å². The maximum Gasteiger partial charge on any atom is 0.274 e. The molecule has 3 aliphatic rings. The molecule has 0 radical (unpaired) electrons. The molecule has 0 bridgehead atoms. The minimum absolute atomic E-state index is 0.122. The lowest BCUT2D eigenvalue weighted by Gasteiger charge is -2.26. The Labute approximate surface area is 213 Å². The molecule has 0 spiro atoms. The molecule has 2 fully saturated rings. The summed E-state index contributed by atoms with van der Waals surface area (Å²) in [6, 6.07) is 16.1. The van der Waals surface area contributed by atoms with Gasteiger partial charge >= 0.3 is 0 Å². The van der Waals surface area contributed by atoms with Gasteiger partial charge in [0.25, 0.3) is 5.91 Å². The first-order chi connectivity index (χ1) is 17.6. The van der Waals surface area contributed by atoms with Crippen molar-refractivity contribution in [1.29, 1.82) is 0 Å². The second-order valence-electron chi connectivity index (χ2n) is 9.53. The smallest absolute Gasteiger partial charge is 0.274 e. The highest BCUT2D eigenvalue weighted by atomic mass is 32.2. The van der Waals surface area contributed by atoms with Crippen molar-refractivity contribution in [2.24, 2.45) is 0 Å². The number of carbonyl (C=O) groups excluding carboxylic acids is 1. The Morgan fingerprint density at radius 3 is 2.64 bits per heavy atom. The monoisotopic (exact) mass is 506 g/mol. The van der Waals surface area contributed by atoms with Crippen molar-refractivity contribution >= 4 is 16.7 Å². The zero-order chi connectivity index (χ0) is 24.6. The van der Waals surface area contributed by atoms with E-state index in [9.17, 15) is 9.00 Å². The van der Waals surface area contributed by atoms with Crippen LogP contribution in [0.25, 0.3) is 16.9 Å². The minimum Gasteiger partial charge on any atom is -0.380 e. The molecule has 36 heavy (non-hydrogen) atoms. The molecule has 2 atom stereocenters. The Morgan fingerprint density at radius 1 is 1.11 bits per heavy atom. The molecule has 2 saturated heterocycles. The molecule has 4 heterocycles. The van der Waals surface area contributed by atoms with E-state index in [1.165, 1.54) is 5.56 Å². The van der Waals surface area contributed by atoms with Gasteiger partial charge < -0.3 is 14.4 Å². The number of nitrogens with zero attached hydrogens (tertiary/aromatic N) is 4. The van der Waals surface area contributed by atoms with Gasteiger partial charge in [-0.1, -0.05) is 30.3 Å². The number of aromatic nitrogens is 2. The molecule has 3 aromatic rings. The molecule has 9 heteroatoms. The number of hydrogen-bond donors (Lipinski definition) is 0. The van der Waals surface area contributed by atoms with Crippen molar-refractivity contribution in [3.05, 3.63) is 65.4 Å². The number of amides is 1. The fourth-order valence-corrected chi connectivity index (χ4v) is 6.67. The quantitative estimate of drug-likeness (QED) is 0.530. The Hall–Kier alpha value is -2.85. The highest BCUT2D eigenvalue weighted by molar-refractivity contribution is 7.84. The van der Waals surface area contributed by atoms with Gasteiger partial charge in [0, 0.05) is 55.9 Å². The Kier molecular flexibility index (Phi) is 6.47. The molecule has 3 aliphatic heterocycles. The third-order valence-corrected chi connectivity index (χ3v) is 8.69. The predicted octanol–water partition coefficient (Wildman–Crippen LogP) is 2.85. The van der Waals surface area contributed by atoms with E-state index in [2.05, 4.69) is 29.2 Å². The van der Waals surface area contributed by atoms with Crippen molar-refractivity contribution < 1.29 is 18.5 Å². The van der Waals surface area contributed by atoms with Gasteiger partial charge in [-0.25, -0.2) is 4.68 Å². The number of benzene rings is 2. The van der Waals surface area contributed by atoms with Gasteiger partial charge in [0.15, 0.2) is 5.69 Å². The third kappa shape index (κ3) is 4.30. The fourth-order valence-electron chi connectivity index (χ4n) is 5.34. The largest absolute Gasteiger partial charge is 0.380 e. The molecule has 2 unspecified atom stereocenters. The van der Waals surface area contributed by atoms with Crippen molar-refractivity contribution in [3.8, 4) is 16.9 Å². The molecule has 2 aromatic carbocycles. The molecule has 1 aromatic heterocycles. The second kappa shape index (κ2) is 9.89. The van der Waals surface area contributed by atoms with Gasteiger partial charge in [0.1, 0.15) is 0 Å². The van der Waals surface area contributed by atoms with Crippen LogP contribution in [-0.4, -0.2) is 82.3 Å². The van der Waals surface area contributed by atoms with E-state index in [-0.39, 0.29) is 11.7 Å². The minimum atomic E-state index is -1.23. The third-order valence-electron chi connectivity index (χ3n) is 7.30. The summed E-state index contributed by atoms with van der Waals surface area (Å²) in [5.41, 5.74) is 4.99. The number of morpholine rings is 1.